The number of halogens is 3. The summed E-state index contributed by atoms with van der Waals surface area (Å²) in [7, 11) is 0. The lowest BCUT2D eigenvalue weighted by Gasteiger charge is -2.39. The van der Waals surface area contributed by atoms with Gasteiger partial charge in [-0.2, -0.15) is 18.4 Å². The van der Waals surface area contributed by atoms with Gasteiger partial charge in [-0.3, -0.25) is 4.79 Å². The van der Waals surface area contributed by atoms with Crippen molar-refractivity contribution in [2.24, 2.45) is 11.3 Å². The van der Waals surface area contributed by atoms with Gasteiger partial charge in [0.25, 0.3) is 0 Å². The van der Waals surface area contributed by atoms with Crippen LogP contribution in [0.15, 0.2) is 0 Å². The number of carbonyl (C=O) groups excluding carboxylic acids is 1. The Morgan fingerprint density at radius 1 is 1.59 bits per heavy atom. The second kappa shape index (κ2) is 4.55. The van der Waals surface area contributed by atoms with E-state index >= 15 is 0 Å². The van der Waals surface area contributed by atoms with Gasteiger partial charge in [-0.05, 0) is 25.7 Å². The number of rotatable bonds is 3. The molecule has 1 unspecified atom stereocenters. The molecule has 0 radical (unpaired) electrons. The number of hydrogen-bond acceptors (Lipinski definition) is 2. The van der Waals surface area contributed by atoms with Gasteiger partial charge in [0.1, 0.15) is 5.41 Å². The maximum absolute atomic E-state index is 12.1. The van der Waals surface area contributed by atoms with Crippen LogP contribution in [0.5, 0.6) is 0 Å². The molecule has 1 fully saturated rings. The first kappa shape index (κ1) is 13.8. The average molecular weight is 248 g/mol. The van der Waals surface area contributed by atoms with E-state index in [2.05, 4.69) is 5.32 Å². The number of alkyl halides is 3. The summed E-state index contributed by atoms with van der Waals surface area (Å²) in [5.74, 6) is -0.298. The molecule has 1 aliphatic rings. The molecule has 0 aromatic heterocycles. The predicted octanol–water partition coefficient (Wildman–Crippen LogP) is 2.38. The molecule has 1 atom stereocenters. The molecule has 96 valence electrons. The largest absolute Gasteiger partial charge is 0.391 e. The molecule has 0 aromatic carbocycles. The Balaban J connectivity index is 2.52. The predicted molar refractivity (Wildman–Crippen MR) is 54.7 cm³/mol. The van der Waals surface area contributed by atoms with Crippen molar-refractivity contribution in [3.63, 3.8) is 0 Å². The lowest BCUT2D eigenvalue weighted by molar-refractivity contribution is -0.145. The molecule has 1 rings (SSSR count). The molecule has 0 aromatic rings. The minimum Gasteiger partial charge on any atom is -0.352 e. The molecule has 6 heteroatoms. The topological polar surface area (TPSA) is 52.9 Å². The monoisotopic (exact) mass is 248 g/mol. The average Bonchev–Trinajstić information content (AvgIpc) is 2.08. The van der Waals surface area contributed by atoms with Crippen molar-refractivity contribution in [1.29, 1.82) is 5.26 Å². The van der Waals surface area contributed by atoms with E-state index in [1.807, 2.05) is 13.0 Å². The molecule has 0 aliphatic heterocycles. The van der Waals surface area contributed by atoms with Crippen LogP contribution in [-0.2, 0) is 4.79 Å². The van der Waals surface area contributed by atoms with Gasteiger partial charge in [0.2, 0.25) is 5.91 Å². The van der Waals surface area contributed by atoms with Crippen molar-refractivity contribution in [3.05, 3.63) is 0 Å². The Bertz CT molecular complexity index is 340. The van der Waals surface area contributed by atoms with Gasteiger partial charge in [0, 0.05) is 6.04 Å². The number of hydrogen-bond donors (Lipinski definition) is 1. The standard InChI is InChI=1S/C11H15F3N2O/c1-7-3-10(4-7,6-15)9(17)16-8(2)5-11(12,13)14/h7-8H,3-5H2,1-2H3,(H,16,17). The maximum atomic E-state index is 12.1. The van der Waals surface area contributed by atoms with Crippen LogP contribution in [0.3, 0.4) is 0 Å². The second-order valence-electron chi connectivity index (χ2n) is 4.90. The summed E-state index contributed by atoms with van der Waals surface area (Å²) < 4.78 is 36.2. The number of nitrogens with zero attached hydrogens (tertiary/aromatic N) is 1. The van der Waals surface area contributed by atoms with E-state index in [-0.39, 0.29) is 5.92 Å². The molecular weight excluding hydrogens is 233 g/mol. The fraction of sp³-hybridized carbons (Fsp3) is 0.818. The van der Waals surface area contributed by atoms with Crippen molar-refractivity contribution < 1.29 is 18.0 Å². The van der Waals surface area contributed by atoms with E-state index in [0.717, 1.165) is 0 Å². The van der Waals surface area contributed by atoms with E-state index in [4.69, 9.17) is 5.26 Å². The first-order valence-corrected chi connectivity index (χ1v) is 5.47. The number of carbonyl (C=O) groups is 1. The third-order valence-electron chi connectivity index (χ3n) is 2.96. The molecule has 1 saturated carbocycles. The van der Waals surface area contributed by atoms with Gasteiger partial charge in [-0.15, -0.1) is 0 Å². The van der Waals surface area contributed by atoms with E-state index in [1.165, 1.54) is 6.92 Å². The Morgan fingerprint density at radius 3 is 2.47 bits per heavy atom. The fourth-order valence-corrected chi connectivity index (χ4v) is 2.22. The van der Waals surface area contributed by atoms with Crippen molar-refractivity contribution >= 4 is 5.91 Å². The van der Waals surface area contributed by atoms with Gasteiger partial charge >= 0.3 is 6.18 Å². The molecule has 17 heavy (non-hydrogen) atoms. The van der Waals surface area contributed by atoms with Crippen LogP contribution in [0.25, 0.3) is 0 Å². The van der Waals surface area contributed by atoms with Crippen LogP contribution >= 0.6 is 0 Å². The van der Waals surface area contributed by atoms with Crippen molar-refractivity contribution in [3.8, 4) is 6.07 Å². The van der Waals surface area contributed by atoms with Crippen LogP contribution < -0.4 is 5.32 Å². The van der Waals surface area contributed by atoms with Gasteiger partial charge < -0.3 is 5.32 Å². The third kappa shape index (κ3) is 3.35. The zero-order chi connectivity index (χ0) is 13.3. The molecule has 0 saturated heterocycles. The Hall–Kier alpha value is -1.25. The molecule has 1 amide bonds. The zero-order valence-electron chi connectivity index (χ0n) is 9.77. The minimum absolute atomic E-state index is 0.276. The van der Waals surface area contributed by atoms with Crippen LogP contribution in [0, 0.1) is 22.7 Å². The van der Waals surface area contributed by atoms with E-state index < -0.39 is 30.0 Å². The number of nitrogens with one attached hydrogen (secondary N) is 1. The van der Waals surface area contributed by atoms with Crippen LogP contribution in [0.4, 0.5) is 13.2 Å². The Morgan fingerprint density at radius 2 is 2.12 bits per heavy atom. The van der Waals surface area contributed by atoms with Gasteiger partial charge in [-0.25, -0.2) is 0 Å². The molecule has 1 aliphatic carbocycles. The first-order chi connectivity index (χ1) is 7.68. The smallest absolute Gasteiger partial charge is 0.352 e. The lowest BCUT2D eigenvalue weighted by atomic mass is 9.63. The normalized spacial score (nSPS) is 30.0. The Labute approximate surface area is 98.0 Å². The Kier molecular flexibility index (Phi) is 3.70. The van der Waals surface area contributed by atoms with E-state index in [0.29, 0.717) is 12.8 Å². The molecule has 1 N–H and O–H groups in total. The van der Waals surface area contributed by atoms with Crippen molar-refractivity contribution in [2.75, 3.05) is 0 Å². The second-order valence-corrected chi connectivity index (χ2v) is 4.90. The summed E-state index contributed by atoms with van der Waals surface area (Å²) in [5, 5.41) is 11.2. The summed E-state index contributed by atoms with van der Waals surface area (Å²) in [6.07, 6.45) is -4.53. The lowest BCUT2D eigenvalue weighted by Crippen LogP contribution is -2.51. The van der Waals surface area contributed by atoms with E-state index in [1.54, 1.807) is 0 Å². The highest BCUT2D eigenvalue weighted by Gasteiger charge is 2.49. The summed E-state index contributed by atoms with van der Waals surface area (Å²) >= 11 is 0. The molecule has 0 spiro atoms. The molecular formula is C11H15F3N2O. The highest BCUT2D eigenvalue weighted by atomic mass is 19.4. The maximum Gasteiger partial charge on any atom is 0.391 e. The van der Waals surface area contributed by atoms with Crippen LogP contribution in [-0.4, -0.2) is 18.1 Å². The highest BCUT2D eigenvalue weighted by Crippen LogP contribution is 2.45. The third-order valence-corrected chi connectivity index (χ3v) is 2.96. The number of nitriles is 1. The molecule has 3 nitrogen and oxygen atoms in total. The minimum atomic E-state index is -4.31. The summed E-state index contributed by atoms with van der Waals surface area (Å²) in [6.45, 7) is 3.20. The van der Waals surface area contributed by atoms with Gasteiger partial charge in [0.05, 0.1) is 12.5 Å². The van der Waals surface area contributed by atoms with Gasteiger partial charge in [0.15, 0.2) is 0 Å². The van der Waals surface area contributed by atoms with Crippen LogP contribution in [0.2, 0.25) is 0 Å². The number of amides is 1. The molecule has 0 heterocycles. The van der Waals surface area contributed by atoms with Crippen LogP contribution in [0.1, 0.15) is 33.1 Å². The molecule has 0 bridgehead atoms. The van der Waals surface area contributed by atoms with Crippen molar-refractivity contribution in [2.45, 2.75) is 45.3 Å². The highest BCUT2D eigenvalue weighted by molar-refractivity contribution is 5.86. The summed E-state index contributed by atoms with van der Waals surface area (Å²) in [4.78, 5) is 11.7. The van der Waals surface area contributed by atoms with E-state index in [9.17, 15) is 18.0 Å². The quantitative estimate of drug-likeness (QED) is 0.833. The van der Waals surface area contributed by atoms with Crippen molar-refractivity contribution in [1.82, 2.24) is 5.32 Å². The summed E-state index contributed by atoms with van der Waals surface area (Å²) in [5.41, 5.74) is -1.11. The SMILES string of the molecule is CC1CC(C#N)(C(=O)NC(C)CC(F)(F)F)C1. The van der Waals surface area contributed by atoms with Gasteiger partial charge in [-0.1, -0.05) is 6.92 Å². The zero-order valence-corrected chi connectivity index (χ0v) is 9.77. The summed E-state index contributed by atoms with van der Waals surface area (Å²) in [6, 6.07) is 0.923. The fourth-order valence-electron chi connectivity index (χ4n) is 2.22. The first-order valence-electron chi connectivity index (χ1n) is 5.47.